The van der Waals surface area contributed by atoms with Crippen LogP contribution in [0.2, 0.25) is 0 Å². The van der Waals surface area contributed by atoms with E-state index in [4.69, 9.17) is 14.2 Å². The van der Waals surface area contributed by atoms with Gasteiger partial charge in [0.2, 0.25) is 0 Å². The molecule has 0 amide bonds. The van der Waals surface area contributed by atoms with Crippen LogP contribution in [0.25, 0.3) is 0 Å². The van der Waals surface area contributed by atoms with Crippen molar-refractivity contribution in [1.29, 1.82) is 0 Å². The van der Waals surface area contributed by atoms with Crippen LogP contribution in [0.1, 0.15) is 72.1 Å². The number of halogens is 1. The summed E-state index contributed by atoms with van der Waals surface area (Å²) in [5.74, 6) is 0.389. The van der Waals surface area contributed by atoms with Gasteiger partial charge in [-0.25, -0.2) is 0 Å². The second-order valence-corrected chi connectivity index (χ2v) is 9.94. The standard InChI is InChI=1S/C25H37IO4/c1-4-19-13-22-15-21-7-5-6-20(28-21)12-17(2)8-9-18(3)24(10-11-26)30-25(27)16-23(14-19)29-22/h4,8-11,17-18,20-24H,5-7,12-16H2,1-3H3/b9-8+,11-10+,19-4-/t17-,18-,20+,21?,22+,23?,24?/m0/s1. The van der Waals surface area contributed by atoms with Crippen LogP contribution in [0, 0.1) is 11.8 Å². The quantitative estimate of drug-likeness (QED) is 0.228. The van der Waals surface area contributed by atoms with Crippen LogP contribution < -0.4 is 0 Å². The van der Waals surface area contributed by atoms with Crippen LogP contribution in [0.3, 0.4) is 0 Å². The third-order valence-corrected chi connectivity index (χ3v) is 6.97. The summed E-state index contributed by atoms with van der Waals surface area (Å²) in [6, 6.07) is 0. The monoisotopic (exact) mass is 528 g/mol. The fourth-order valence-corrected chi connectivity index (χ4v) is 5.31. The maximum Gasteiger partial charge on any atom is 0.309 e. The molecule has 4 nitrogen and oxygen atoms in total. The first-order chi connectivity index (χ1) is 14.5. The van der Waals surface area contributed by atoms with Gasteiger partial charge in [0, 0.05) is 12.3 Å². The highest BCUT2D eigenvalue weighted by atomic mass is 127. The van der Waals surface area contributed by atoms with Crippen LogP contribution in [-0.2, 0) is 19.0 Å². The van der Waals surface area contributed by atoms with E-state index in [0.29, 0.717) is 18.4 Å². The molecule has 0 aromatic rings. The normalized spacial score (nSPS) is 41.5. The van der Waals surface area contributed by atoms with Crippen molar-refractivity contribution in [1.82, 2.24) is 0 Å². The summed E-state index contributed by atoms with van der Waals surface area (Å²) < 4.78 is 20.7. The molecule has 0 saturated carbocycles. The Morgan fingerprint density at radius 2 is 1.67 bits per heavy atom. The molecular weight excluding hydrogens is 491 g/mol. The average Bonchev–Trinajstić information content (AvgIpc) is 2.71. The molecule has 2 saturated heterocycles. The van der Waals surface area contributed by atoms with E-state index in [-0.39, 0.29) is 36.3 Å². The van der Waals surface area contributed by atoms with Gasteiger partial charge in [-0.2, -0.15) is 0 Å². The summed E-state index contributed by atoms with van der Waals surface area (Å²) in [5, 5.41) is 0. The Hall–Kier alpha value is -0.660. The Balaban J connectivity index is 1.80. The second kappa shape index (κ2) is 11.8. The number of esters is 1. The number of hydrogen-bond acceptors (Lipinski definition) is 4. The Bertz CT molecular complexity index is 656. The molecule has 7 atom stereocenters. The second-order valence-electron chi connectivity index (χ2n) is 9.22. The van der Waals surface area contributed by atoms with Crippen molar-refractivity contribution >= 4 is 28.6 Å². The van der Waals surface area contributed by atoms with Crippen molar-refractivity contribution < 1.29 is 19.0 Å². The summed E-state index contributed by atoms with van der Waals surface area (Å²) >= 11 is 2.19. The Labute approximate surface area is 195 Å². The Kier molecular flexibility index (Phi) is 9.45. The lowest BCUT2D eigenvalue weighted by atomic mass is 9.90. The summed E-state index contributed by atoms with van der Waals surface area (Å²) in [7, 11) is 0. The van der Waals surface area contributed by atoms with E-state index in [1.165, 1.54) is 12.0 Å². The third kappa shape index (κ3) is 7.20. The summed E-state index contributed by atoms with van der Waals surface area (Å²) in [4.78, 5) is 12.7. The lowest BCUT2D eigenvalue weighted by Gasteiger charge is -2.37. The third-order valence-electron chi connectivity index (χ3n) is 6.56. The highest BCUT2D eigenvalue weighted by molar-refractivity contribution is 14.1. The Morgan fingerprint density at radius 3 is 2.40 bits per heavy atom. The largest absolute Gasteiger partial charge is 0.457 e. The molecule has 3 aliphatic heterocycles. The summed E-state index contributed by atoms with van der Waals surface area (Å²) in [6.45, 7) is 6.45. The van der Waals surface area contributed by atoms with Gasteiger partial charge in [0.15, 0.2) is 0 Å². The highest BCUT2D eigenvalue weighted by Gasteiger charge is 2.32. The minimum Gasteiger partial charge on any atom is -0.457 e. The maximum atomic E-state index is 12.7. The van der Waals surface area contributed by atoms with E-state index in [0.717, 1.165) is 38.5 Å². The maximum absolute atomic E-state index is 12.7. The predicted octanol–water partition coefficient (Wildman–Crippen LogP) is 6.29. The molecular formula is C25H37IO4. The fourth-order valence-electron chi connectivity index (χ4n) is 4.90. The van der Waals surface area contributed by atoms with E-state index in [1.807, 2.05) is 10.2 Å². The number of rotatable bonds is 1. The zero-order valence-electron chi connectivity index (χ0n) is 18.6. The van der Waals surface area contributed by atoms with Crippen molar-refractivity contribution in [3.63, 3.8) is 0 Å². The molecule has 3 unspecified atom stereocenters. The molecule has 4 bridgehead atoms. The van der Waals surface area contributed by atoms with Gasteiger partial charge >= 0.3 is 5.97 Å². The number of fused-ring (bicyclic) bond motifs is 4. The molecule has 0 spiro atoms. The van der Waals surface area contributed by atoms with E-state index in [9.17, 15) is 4.79 Å². The zero-order valence-corrected chi connectivity index (χ0v) is 20.8. The van der Waals surface area contributed by atoms with Gasteiger partial charge in [-0.1, -0.05) is 60.2 Å². The predicted molar refractivity (Wildman–Crippen MR) is 129 cm³/mol. The number of carbonyl (C=O) groups excluding carboxylic acids is 1. The average molecular weight is 528 g/mol. The smallest absolute Gasteiger partial charge is 0.309 e. The van der Waals surface area contributed by atoms with Gasteiger partial charge in [-0.05, 0) is 61.5 Å². The molecule has 0 aromatic carbocycles. The van der Waals surface area contributed by atoms with Crippen LogP contribution >= 0.6 is 22.6 Å². The van der Waals surface area contributed by atoms with Crippen molar-refractivity contribution in [3.8, 4) is 0 Å². The molecule has 3 heterocycles. The van der Waals surface area contributed by atoms with Crippen LogP contribution in [-0.4, -0.2) is 36.5 Å². The molecule has 0 aliphatic carbocycles. The first-order valence-electron chi connectivity index (χ1n) is 11.6. The van der Waals surface area contributed by atoms with Gasteiger partial charge in [0.25, 0.3) is 0 Å². The highest BCUT2D eigenvalue weighted by Crippen LogP contribution is 2.33. The van der Waals surface area contributed by atoms with Crippen molar-refractivity contribution in [2.45, 2.75) is 103 Å². The van der Waals surface area contributed by atoms with Crippen molar-refractivity contribution in [2.24, 2.45) is 11.8 Å². The molecule has 0 N–H and O–H groups in total. The number of allylic oxidation sites excluding steroid dienone is 2. The first kappa shape index (κ1) is 24.0. The number of cyclic esters (lactones) is 1. The van der Waals surface area contributed by atoms with Crippen LogP contribution in [0.5, 0.6) is 0 Å². The van der Waals surface area contributed by atoms with Gasteiger partial charge in [0.1, 0.15) is 6.10 Å². The molecule has 2 fully saturated rings. The van der Waals surface area contributed by atoms with Crippen LogP contribution in [0.15, 0.2) is 34.0 Å². The van der Waals surface area contributed by atoms with E-state index in [2.05, 4.69) is 61.6 Å². The minimum absolute atomic E-state index is 0.107. The van der Waals surface area contributed by atoms with Gasteiger partial charge in [-0.15, -0.1) is 0 Å². The minimum atomic E-state index is -0.248. The number of carbonyl (C=O) groups is 1. The van der Waals surface area contributed by atoms with Crippen molar-refractivity contribution in [3.05, 3.63) is 34.0 Å². The van der Waals surface area contributed by atoms with E-state index >= 15 is 0 Å². The SMILES string of the molecule is C/C=C1\CC2CC(=O)OC(/C=C/I)[C@@H](C)/C=C/[C@H](C)C[C@H]3CCCC(C[C@@H](C1)O2)O3. The lowest BCUT2D eigenvalue weighted by Crippen LogP contribution is -2.37. The first-order valence-corrected chi connectivity index (χ1v) is 12.8. The molecule has 30 heavy (non-hydrogen) atoms. The molecule has 3 aliphatic rings. The number of hydrogen-bond donors (Lipinski definition) is 0. The molecule has 5 heteroatoms. The molecule has 168 valence electrons. The molecule has 0 radical (unpaired) electrons. The Morgan fingerprint density at radius 1 is 0.967 bits per heavy atom. The van der Waals surface area contributed by atoms with E-state index in [1.54, 1.807) is 0 Å². The van der Waals surface area contributed by atoms with Gasteiger partial charge < -0.3 is 14.2 Å². The lowest BCUT2D eigenvalue weighted by molar-refractivity contribution is -0.154. The van der Waals surface area contributed by atoms with Crippen LogP contribution in [0.4, 0.5) is 0 Å². The number of ether oxygens (including phenoxy) is 3. The van der Waals surface area contributed by atoms with Crippen molar-refractivity contribution in [2.75, 3.05) is 0 Å². The summed E-state index contributed by atoms with van der Waals surface area (Å²) in [6.07, 6.45) is 16.5. The van der Waals surface area contributed by atoms with Gasteiger partial charge in [0.05, 0.1) is 30.8 Å². The molecule has 0 aromatic heterocycles. The zero-order chi connectivity index (χ0) is 21.5. The topological polar surface area (TPSA) is 44.8 Å². The molecule has 3 rings (SSSR count). The summed E-state index contributed by atoms with van der Waals surface area (Å²) in [5.41, 5.74) is 1.38. The fraction of sp³-hybridized carbons (Fsp3) is 0.720. The van der Waals surface area contributed by atoms with Gasteiger partial charge in [-0.3, -0.25) is 4.79 Å². The van der Waals surface area contributed by atoms with E-state index < -0.39 is 0 Å².